The Kier molecular flexibility index (Phi) is 6.49. The van der Waals surface area contributed by atoms with Crippen LogP contribution in [0.2, 0.25) is 0 Å². The van der Waals surface area contributed by atoms with Crippen molar-refractivity contribution in [2.45, 2.75) is 39.7 Å². The second-order valence-corrected chi connectivity index (χ2v) is 8.42. The summed E-state index contributed by atoms with van der Waals surface area (Å²) in [6.45, 7) is 6.41. The minimum Gasteiger partial charge on any atom is -0.349 e. The first-order chi connectivity index (χ1) is 10.1. The average Bonchev–Trinajstić information content (AvgIpc) is 2.36. The number of amides is 1. The van der Waals surface area contributed by atoms with Crippen LogP contribution in [0.5, 0.6) is 0 Å². The molecule has 0 radical (unpaired) electrons. The van der Waals surface area contributed by atoms with E-state index in [1.165, 1.54) is 0 Å². The van der Waals surface area contributed by atoms with Gasteiger partial charge in [0.15, 0.2) is 0 Å². The topological polar surface area (TPSA) is 88.2 Å². The molecule has 2 N–H and O–H groups in total. The number of hydrogen-bond donors (Lipinski definition) is 2. The van der Waals surface area contributed by atoms with Crippen molar-refractivity contribution in [2.24, 2.45) is 5.41 Å². The van der Waals surface area contributed by atoms with E-state index in [0.29, 0.717) is 0 Å². The summed E-state index contributed by atoms with van der Waals surface area (Å²) in [5.74, 6) is -0.186. The van der Waals surface area contributed by atoms with Crippen molar-refractivity contribution in [1.29, 1.82) is 0 Å². The lowest BCUT2D eigenvalue weighted by Crippen LogP contribution is -2.34. The van der Waals surface area contributed by atoms with Gasteiger partial charge in [0, 0.05) is 25.4 Å². The number of sulfonamides is 1. The molecule has 1 aromatic rings. The van der Waals surface area contributed by atoms with Crippen LogP contribution in [-0.2, 0) is 14.8 Å². The van der Waals surface area contributed by atoms with Gasteiger partial charge in [-0.25, -0.2) is 13.1 Å². The highest BCUT2D eigenvalue weighted by molar-refractivity contribution is 7.88. The first-order valence-electron chi connectivity index (χ1n) is 7.21. The Bertz CT molecular complexity index is 580. The van der Waals surface area contributed by atoms with Crippen molar-refractivity contribution >= 4 is 15.9 Å². The van der Waals surface area contributed by atoms with Crippen LogP contribution in [0.3, 0.4) is 0 Å². The lowest BCUT2D eigenvalue weighted by Gasteiger charge is -2.27. The highest BCUT2D eigenvalue weighted by Gasteiger charge is 2.22. The van der Waals surface area contributed by atoms with Gasteiger partial charge in [0.1, 0.15) is 0 Å². The number of carbonyl (C=O) groups is 1. The lowest BCUT2D eigenvalue weighted by molar-refractivity contribution is -0.121. The molecule has 0 saturated heterocycles. The average molecular weight is 327 g/mol. The molecule has 124 valence electrons. The van der Waals surface area contributed by atoms with Crippen LogP contribution in [0.4, 0.5) is 0 Å². The van der Waals surface area contributed by atoms with Gasteiger partial charge in [0.25, 0.3) is 0 Å². The van der Waals surface area contributed by atoms with Crippen LogP contribution in [0, 0.1) is 5.41 Å². The molecule has 0 aliphatic heterocycles. The number of carbonyl (C=O) groups excluding carboxylic acids is 1. The third-order valence-electron chi connectivity index (χ3n) is 2.95. The molecule has 0 fully saturated rings. The predicted octanol–water partition coefficient (Wildman–Crippen LogP) is 1.61. The molecule has 1 heterocycles. The molecular weight excluding hydrogens is 302 g/mol. The Labute approximate surface area is 132 Å². The quantitative estimate of drug-likeness (QED) is 0.796. The van der Waals surface area contributed by atoms with E-state index >= 15 is 0 Å². The number of nitrogens with zero attached hydrogens (tertiary/aromatic N) is 1. The zero-order valence-electron chi connectivity index (χ0n) is 13.6. The number of pyridine rings is 1. The number of aromatic nitrogens is 1. The Morgan fingerprint density at radius 3 is 2.55 bits per heavy atom. The Morgan fingerprint density at radius 1 is 1.36 bits per heavy atom. The molecule has 0 aromatic carbocycles. The maximum Gasteiger partial charge on any atom is 0.221 e. The summed E-state index contributed by atoms with van der Waals surface area (Å²) in [7, 11) is -3.27. The molecule has 22 heavy (non-hydrogen) atoms. The maximum atomic E-state index is 12.0. The monoisotopic (exact) mass is 327 g/mol. The highest BCUT2D eigenvalue weighted by atomic mass is 32.2. The number of hydrogen-bond acceptors (Lipinski definition) is 4. The molecule has 1 rings (SSSR count). The van der Waals surface area contributed by atoms with Crippen molar-refractivity contribution in [3.8, 4) is 0 Å². The van der Waals surface area contributed by atoms with Gasteiger partial charge < -0.3 is 5.32 Å². The molecule has 0 spiro atoms. The summed E-state index contributed by atoms with van der Waals surface area (Å²) < 4.78 is 24.3. The zero-order chi connectivity index (χ0) is 16.8. The Hall–Kier alpha value is -1.47. The SMILES string of the molecule is CC(C)(C)CC(NC(=O)CCNS(C)(=O)=O)c1cccnc1. The normalized spacial score (nSPS) is 13.6. The van der Waals surface area contributed by atoms with E-state index in [1.54, 1.807) is 12.4 Å². The summed E-state index contributed by atoms with van der Waals surface area (Å²) >= 11 is 0. The van der Waals surface area contributed by atoms with E-state index < -0.39 is 10.0 Å². The molecular formula is C15H25N3O3S. The number of rotatable bonds is 7. The summed E-state index contributed by atoms with van der Waals surface area (Å²) in [6, 6.07) is 3.63. The third kappa shape index (κ3) is 8.09. The van der Waals surface area contributed by atoms with E-state index in [1.807, 2.05) is 12.1 Å². The van der Waals surface area contributed by atoms with Gasteiger partial charge in [0.2, 0.25) is 15.9 Å². The predicted molar refractivity (Wildman–Crippen MR) is 86.7 cm³/mol. The molecule has 1 unspecified atom stereocenters. The van der Waals surface area contributed by atoms with Crippen LogP contribution in [-0.4, -0.2) is 32.1 Å². The summed E-state index contributed by atoms with van der Waals surface area (Å²) in [5, 5.41) is 2.96. The van der Waals surface area contributed by atoms with Crippen molar-refractivity contribution in [2.75, 3.05) is 12.8 Å². The van der Waals surface area contributed by atoms with Crippen LogP contribution < -0.4 is 10.0 Å². The van der Waals surface area contributed by atoms with Crippen molar-refractivity contribution in [3.63, 3.8) is 0 Å². The first kappa shape index (κ1) is 18.6. The van der Waals surface area contributed by atoms with Crippen LogP contribution in [0.1, 0.15) is 45.2 Å². The van der Waals surface area contributed by atoms with E-state index in [0.717, 1.165) is 18.2 Å². The van der Waals surface area contributed by atoms with Crippen molar-refractivity contribution < 1.29 is 13.2 Å². The molecule has 1 aromatic heterocycles. The molecule has 0 saturated carbocycles. The molecule has 1 amide bonds. The Morgan fingerprint density at radius 2 is 2.05 bits per heavy atom. The molecule has 6 nitrogen and oxygen atoms in total. The fourth-order valence-electron chi connectivity index (χ4n) is 2.06. The first-order valence-corrected chi connectivity index (χ1v) is 9.10. The largest absolute Gasteiger partial charge is 0.349 e. The van der Waals surface area contributed by atoms with E-state index in [2.05, 4.69) is 35.8 Å². The van der Waals surface area contributed by atoms with Crippen LogP contribution >= 0.6 is 0 Å². The van der Waals surface area contributed by atoms with E-state index in [4.69, 9.17) is 0 Å². The third-order valence-corrected chi connectivity index (χ3v) is 3.68. The van der Waals surface area contributed by atoms with E-state index in [-0.39, 0.29) is 30.3 Å². The fourth-order valence-corrected chi connectivity index (χ4v) is 2.54. The molecule has 0 bridgehead atoms. The van der Waals surface area contributed by atoms with Gasteiger partial charge in [0.05, 0.1) is 12.3 Å². The second kappa shape index (κ2) is 7.69. The highest BCUT2D eigenvalue weighted by Crippen LogP contribution is 2.29. The van der Waals surface area contributed by atoms with Crippen molar-refractivity contribution in [3.05, 3.63) is 30.1 Å². The fraction of sp³-hybridized carbons (Fsp3) is 0.600. The summed E-state index contributed by atoms with van der Waals surface area (Å²) in [6.07, 6.45) is 5.38. The lowest BCUT2D eigenvalue weighted by atomic mass is 9.86. The van der Waals surface area contributed by atoms with Gasteiger partial charge in [-0.1, -0.05) is 26.8 Å². The molecule has 1 atom stereocenters. The number of nitrogens with one attached hydrogen (secondary N) is 2. The molecule has 0 aliphatic carbocycles. The minimum atomic E-state index is -3.27. The zero-order valence-corrected chi connectivity index (χ0v) is 14.4. The standard InChI is InChI=1S/C15H25N3O3S/c1-15(2,3)10-13(12-6-5-8-16-11-12)18-14(19)7-9-17-22(4,20)21/h5-6,8,11,13,17H,7,9-10H2,1-4H3,(H,18,19). The summed E-state index contributed by atoms with van der Waals surface area (Å²) in [4.78, 5) is 16.1. The minimum absolute atomic E-state index is 0.0405. The smallest absolute Gasteiger partial charge is 0.221 e. The molecule has 0 aliphatic rings. The second-order valence-electron chi connectivity index (χ2n) is 6.59. The van der Waals surface area contributed by atoms with Crippen LogP contribution in [0.25, 0.3) is 0 Å². The maximum absolute atomic E-state index is 12.0. The molecule has 7 heteroatoms. The van der Waals surface area contributed by atoms with Crippen molar-refractivity contribution in [1.82, 2.24) is 15.0 Å². The Balaban J connectivity index is 2.67. The van der Waals surface area contributed by atoms with Gasteiger partial charge >= 0.3 is 0 Å². The summed E-state index contributed by atoms with van der Waals surface area (Å²) in [5.41, 5.74) is 0.987. The van der Waals surface area contributed by atoms with Crippen LogP contribution in [0.15, 0.2) is 24.5 Å². The van der Waals surface area contributed by atoms with Gasteiger partial charge in [-0.3, -0.25) is 9.78 Å². The van der Waals surface area contributed by atoms with E-state index in [9.17, 15) is 13.2 Å². The van der Waals surface area contributed by atoms with Gasteiger partial charge in [-0.2, -0.15) is 0 Å². The van der Waals surface area contributed by atoms with Gasteiger partial charge in [-0.15, -0.1) is 0 Å². The van der Waals surface area contributed by atoms with Gasteiger partial charge in [-0.05, 0) is 23.5 Å².